The molecule has 0 spiro atoms. The van der Waals surface area contributed by atoms with Gasteiger partial charge in [-0.2, -0.15) is 0 Å². The molecule has 0 radical (unpaired) electrons. The smallest absolute Gasteiger partial charge is 0.264 e. The fourth-order valence-corrected chi connectivity index (χ4v) is 5.61. The van der Waals surface area contributed by atoms with E-state index >= 15 is 0 Å². The molecule has 208 valence electrons. The van der Waals surface area contributed by atoms with Gasteiger partial charge in [0.15, 0.2) is 0 Å². The summed E-state index contributed by atoms with van der Waals surface area (Å²) in [6.45, 7) is 5.84. The Morgan fingerprint density at radius 2 is 1.51 bits per heavy atom. The normalized spacial score (nSPS) is 12.0. The first kappa shape index (κ1) is 30.2. The van der Waals surface area contributed by atoms with E-state index in [9.17, 15) is 18.0 Å². The molecule has 0 aliphatic rings. The number of anilines is 1. The van der Waals surface area contributed by atoms with Crippen molar-refractivity contribution in [2.75, 3.05) is 17.4 Å². The van der Waals surface area contributed by atoms with Gasteiger partial charge < -0.3 is 10.2 Å². The van der Waals surface area contributed by atoms with Crippen LogP contribution in [0.4, 0.5) is 5.69 Å². The number of hydrogen-bond acceptors (Lipinski definition) is 4. The van der Waals surface area contributed by atoms with Crippen molar-refractivity contribution in [3.63, 3.8) is 0 Å². The lowest BCUT2D eigenvalue weighted by molar-refractivity contribution is -0.139. The van der Waals surface area contributed by atoms with Crippen molar-refractivity contribution < 1.29 is 18.0 Å². The van der Waals surface area contributed by atoms with Gasteiger partial charge in [0, 0.05) is 18.1 Å². The first-order valence-corrected chi connectivity index (χ1v) is 15.0. The molecule has 3 aromatic rings. The second kappa shape index (κ2) is 14.1. The van der Waals surface area contributed by atoms with E-state index in [1.807, 2.05) is 26.0 Å². The summed E-state index contributed by atoms with van der Waals surface area (Å²) < 4.78 is 28.7. The van der Waals surface area contributed by atoms with Crippen LogP contribution in [-0.2, 0) is 32.6 Å². The molecular formula is C30H36ClN3O4S. The number of benzene rings is 3. The van der Waals surface area contributed by atoms with Crippen molar-refractivity contribution in [1.82, 2.24) is 10.2 Å². The Morgan fingerprint density at radius 1 is 0.897 bits per heavy atom. The summed E-state index contributed by atoms with van der Waals surface area (Å²) in [6.07, 6.45) is 2.54. The first-order valence-electron chi connectivity index (χ1n) is 13.2. The molecule has 9 heteroatoms. The van der Waals surface area contributed by atoms with Gasteiger partial charge in [-0.1, -0.05) is 74.3 Å². The van der Waals surface area contributed by atoms with Crippen LogP contribution < -0.4 is 9.62 Å². The lowest BCUT2D eigenvalue weighted by atomic mass is 10.1. The van der Waals surface area contributed by atoms with Gasteiger partial charge in [-0.25, -0.2) is 8.42 Å². The van der Waals surface area contributed by atoms with Crippen LogP contribution in [0.15, 0.2) is 83.8 Å². The van der Waals surface area contributed by atoms with Gasteiger partial charge in [0.25, 0.3) is 10.0 Å². The Hall–Kier alpha value is -3.36. The number of carbonyl (C=O) groups excluding carboxylic acids is 2. The zero-order valence-corrected chi connectivity index (χ0v) is 24.2. The largest absolute Gasteiger partial charge is 0.354 e. The van der Waals surface area contributed by atoms with E-state index < -0.39 is 28.5 Å². The summed E-state index contributed by atoms with van der Waals surface area (Å²) in [5, 5.41) is 3.43. The number of unbranched alkanes of at least 4 members (excludes halogenated alkanes) is 1. The second-order valence-corrected chi connectivity index (χ2v) is 11.6. The Bertz CT molecular complexity index is 1330. The summed E-state index contributed by atoms with van der Waals surface area (Å²) in [7, 11) is -4.08. The van der Waals surface area contributed by atoms with Crippen molar-refractivity contribution in [2.45, 2.75) is 57.5 Å². The average Bonchev–Trinajstić information content (AvgIpc) is 2.95. The maximum Gasteiger partial charge on any atom is 0.264 e. The summed E-state index contributed by atoms with van der Waals surface area (Å²) in [4.78, 5) is 28.4. The zero-order valence-electron chi connectivity index (χ0n) is 22.6. The maximum absolute atomic E-state index is 13.9. The zero-order chi connectivity index (χ0) is 28.4. The topological polar surface area (TPSA) is 86.8 Å². The molecule has 7 nitrogen and oxygen atoms in total. The van der Waals surface area contributed by atoms with Crippen molar-refractivity contribution in [3.05, 3.63) is 95.0 Å². The summed E-state index contributed by atoms with van der Waals surface area (Å²) in [6, 6.07) is 21.3. The molecule has 0 fully saturated rings. The van der Waals surface area contributed by atoms with Crippen LogP contribution in [0, 0.1) is 0 Å². The number of nitrogens with zero attached hydrogens (tertiary/aromatic N) is 2. The molecule has 0 heterocycles. The van der Waals surface area contributed by atoms with E-state index in [4.69, 9.17) is 11.6 Å². The van der Waals surface area contributed by atoms with E-state index in [2.05, 4.69) is 5.32 Å². The molecule has 0 aromatic heterocycles. The number of aryl methyl sites for hydroxylation is 1. The Balaban J connectivity index is 1.98. The van der Waals surface area contributed by atoms with Crippen molar-refractivity contribution >= 4 is 39.1 Å². The Labute approximate surface area is 236 Å². The van der Waals surface area contributed by atoms with Gasteiger partial charge in [0.1, 0.15) is 12.6 Å². The van der Waals surface area contributed by atoms with Crippen LogP contribution in [0.1, 0.15) is 44.7 Å². The molecule has 0 saturated carbocycles. The predicted molar refractivity (Wildman–Crippen MR) is 156 cm³/mol. The molecule has 2 amide bonds. The molecule has 0 aliphatic carbocycles. The molecular weight excluding hydrogens is 534 g/mol. The summed E-state index contributed by atoms with van der Waals surface area (Å²) in [5.74, 6) is -0.794. The van der Waals surface area contributed by atoms with Crippen molar-refractivity contribution in [3.8, 4) is 0 Å². The number of nitrogens with one attached hydrogen (secondary N) is 1. The van der Waals surface area contributed by atoms with Gasteiger partial charge in [-0.15, -0.1) is 0 Å². The molecule has 0 aliphatic heterocycles. The van der Waals surface area contributed by atoms with Gasteiger partial charge >= 0.3 is 0 Å². The Kier molecular flexibility index (Phi) is 10.9. The summed E-state index contributed by atoms with van der Waals surface area (Å²) in [5.41, 5.74) is 2.19. The molecule has 1 N–H and O–H groups in total. The molecule has 0 bridgehead atoms. The fourth-order valence-electron chi connectivity index (χ4n) is 4.05. The number of halogens is 1. The van der Waals surface area contributed by atoms with E-state index in [0.29, 0.717) is 17.3 Å². The number of carbonyl (C=O) groups is 2. The van der Waals surface area contributed by atoms with E-state index in [0.717, 1.165) is 34.7 Å². The SMILES string of the molecule is CCCCNC(=O)[C@H](C)N(Cc1ccc(Cl)cc1)C(=O)CN(c1ccc(CC)cc1)S(=O)(=O)c1ccccc1. The highest BCUT2D eigenvalue weighted by molar-refractivity contribution is 7.92. The fraction of sp³-hybridized carbons (Fsp3) is 0.333. The minimum absolute atomic E-state index is 0.0759. The van der Waals surface area contributed by atoms with Gasteiger partial charge in [0.2, 0.25) is 11.8 Å². The first-order chi connectivity index (χ1) is 18.7. The number of amides is 2. The number of hydrogen-bond donors (Lipinski definition) is 1. The Morgan fingerprint density at radius 3 is 2.10 bits per heavy atom. The summed E-state index contributed by atoms with van der Waals surface area (Å²) >= 11 is 6.04. The third kappa shape index (κ3) is 8.07. The highest BCUT2D eigenvalue weighted by Crippen LogP contribution is 2.25. The minimum atomic E-state index is -4.08. The number of sulfonamides is 1. The molecule has 3 aromatic carbocycles. The van der Waals surface area contributed by atoms with Crippen LogP contribution in [0.5, 0.6) is 0 Å². The third-order valence-corrected chi connectivity index (χ3v) is 8.55. The van der Waals surface area contributed by atoms with Gasteiger partial charge in [-0.3, -0.25) is 13.9 Å². The maximum atomic E-state index is 13.9. The third-order valence-electron chi connectivity index (χ3n) is 6.51. The number of rotatable bonds is 13. The van der Waals surface area contributed by atoms with Crippen LogP contribution >= 0.6 is 11.6 Å². The monoisotopic (exact) mass is 569 g/mol. The molecule has 3 rings (SSSR count). The quantitative estimate of drug-likeness (QED) is 0.278. The van der Waals surface area contributed by atoms with Gasteiger partial charge in [0.05, 0.1) is 10.6 Å². The lowest BCUT2D eigenvalue weighted by Crippen LogP contribution is -2.51. The average molecular weight is 570 g/mol. The van der Waals surface area contributed by atoms with Crippen molar-refractivity contribution in [1.29, 1.82) is 0 Å². The van der Waals surface area contributed by atoms with Crippen LogP contribution in [0.25, 0.3) is 0 Å². The van der Waals surface area contributed by atoms with Crippen molar-refractivity contribution in [2.24, 2.45) is 0 Å². The van der Waals surface area contributed by atoms with E-state index in [-0.39, 0.29) is 17.3 Å². The molecule has 1 atom stereocenters. The highest BCUT2D eigenvalue weighted by atomic mass is 35.5. The van der Waals surface area contributed by atoms with E-state index in [1.54, 1.807) is 61.5 Å². The molecule has 0 saturated heterocycles. The second-order valence-electron chi connectivity index (χ2n) is 9.31. The minimum Gasteiger partial charge on any atom is -0.354 e. The highest BCUT2D eigenvalue weighted by Gasteiger charge is 2.32. The van der Waals surface area contributed by atoms with Crippen LogP contribution in [-0.4, -0.2) is 44.3 Å². The van der Waals surface area contributed by atoms with Gasteiger partial charge in [-0.05, 0) is 67.3 Å². The standard InChI is InChI=1S/C30H36ClN3O4S/c1-4-6-20-32-30(36)23(3)33(21-25-12-16-26(31)17-13-25)29(35)22-34(27-18-14-24(5-2)15-19-27)39(37,38)28-10-8-7-9-11-28/h7-19,23H,4-6,20-22H2,1-3H3,(H,32,36)/t23-/m0/s1. The van der Waals surface area contributed by atoms with Crippen LogP contribution in [0.3, 0.4) is 0 Å². The van der Waals surface area contributed by atoms with E-state index in [1.165, 1.54) is 17.0 Å². The molecule has 39 heavy (non-hydrogen) atoms. The van der Waals surface area contributed by atoms with Crippen LogP contribution in [0.2, 0.25) is 5.02 Å². The predicted octanol–water partition coefficient (Wildman–Crippen LogP) is 5.43. The lowest BCUT2D eigenvalue weighted by Gasteiger charge is -2.32. The molecule has 0 unspecified atom stereocenters.